The summed E-state index contributed by atoms with van der Waals surface area (Å²) in [6.45, 7) is 0.407. The number of aromatic nitrogens is 3. The zero-order chi connectivity index (χ0) is 10.7. The van der Waals surface area contributed by atoms with E-state index in [4.69, 9.17) is 0 Å². The van der Waals surface area contributed by atoms with Crippen molar-refractivity contribution >= 4 is 11.8 Å². The van der Waals surface area contributed by atoms with E-state index in [0.29, 0.717) is 32.2 Å². The number of nitrogens with zero attached hydrogens (tertiary/aromatic N) is 3. The van der Waals surface area contributed by atoms with Crippen LogP contribution in [0, 0.1) is 0 Å². The first-order valence-corrected chi connectivity index (χ1v) is 4.95. The molecule has 0 atom stereocenters. The van der Waals surface area contributed by atoms with E-state index >= 15 is 0 Å². The van der Waals surface area contributed by atoms with Crippen LogP contribution in [0.15, 0.2) is 6.20 Å². The van der Waals surface area contributed by atoms with Crippen LogP contribution in [0.3, 0.4) is 0 Å². The van der Waals surface area contributed by atoms with Gasteiger partial charge in [-0.1, -0.05) is 0 Å². The van der Waals surface area contributed by atoms with Crippen molar-refractivity contribution in [2.75, 3.05) is 6.54 Å². The van der Waals surface area contributed by atoms with Crippen molar-refractivity contribution in [3.05, 3.63) is 11.9 Å². The molecule has 1 fully saturated rings. The molecule has 80 valence electrons. The summed E-state index contributed by atoms with van der Waals surface area (Å²) in [5.41, 5.74) is 0.765. The Morgan fingerprint density at radius 1 is 1.33 bits per heavy atom. The molecule has 6 nitrogen and oxygen atoms in total. The van der Waals surface area contributed by atoms with Crippen molar-refractivity contribution in [1.29, 1.82) is 0 Å². The number of nitrogens with one attached hydrogen (secondary N) is 1. The maximum Gasteiger partial charge on any atom is 0.229 e. The van der Waals surface area contributed by atoms with Crippen LogP contribution in [0.2, 0.25) is 0 Å². The molecular formula is C9H12N4O2. The highest BCUT2D eigenvalue weighted by atomic mass is 16.2. The standard InChI is InChI=1S/C9H12N4O2/c14-8-2-1-3-9(15)13(8)5-4-7-6-10-12-11-7/h6H,1-5H2,(H,10,11,12). The summed E-state index contributed by atoms with van der Waals surface area (Å²) in [5, 5.41) is 10.0. The molecule has 0 spiro atoms. The average Bonchev–Trinajstić information content (AvgIpc) is 2.70. The second-order valence-electron chi connectivity index (χ2n) is 3.50. The Morgan fingerprint density at radius 3 is 2.67 bits per heavy atom. The van der Waals surface area contributed by atoms with Gasteiger partial charge < -0.3 is 0 Å². The maximum absolute atomic E-state index is 11.4. The Kier molecular flexibility index (Phi) is 2.75. The molecule has 1 aromatic rings. The third kappa shape index (κ3) is 2.20. The van der Waals surface area contributed by atoms with Gasteiger partial charge in [0.05, 0.1) is 11.9 Å². The quantitative estimate of drug-likeness (QED) is 0.703. The zero-order valence-corrected chi connectivity index (χ0v) is 8.27. The number of rotatable bonds is 3. The van der Waals surface area contributed by atoms with Gasteiger partial charge >= 0.3 is 0 Å². The van der Waals surface area contributed by atoms with Crippen molar-refractivity contribution in [2.45, 2.75) is 25.7 Å². The molecule has 15 heavy (non-hydrogen) atoms. The number of likely N-dealkylation sites (tertiary alicyclic amines) is 1. The fraction of sp³-hybridized carbons (Fsp3) is 0.556. The Balaban J connectivity index is 1.92. The average molecular weight is 208 g/mol. The van der Waals surface area contributed by atoms with Gasteiger partial charge in [0.15, 0.2) is 0 Å². The molecule has 1 saturated heterocycles. The summed E-state index contributed by atoms with van der Waals surface area (Å²) in [6, 6.07) is 0. The lowest BCUT2D eigenvalue weighted by Gasteiger charge is -2.24. The second-order valence-corrected chi connectivity index (χ2v) is 3.50. The van der Waals surface area contributed by atoms with Crippen LogP contribution >= 0.6 is 0 Å². The molecule has 6 heteroatoms. The van der Waals surface area contributed by atoms with Crippen molar-refractivity contribution in [2.24, 2.45) is 0 Å². The Labute approximate surface area is 86.6 Å². The van der Waals surface area contributed by atoms with Crippen molar-refractivity contribution in [3.8, 4) is 0 Å². The van der Waals surface area contributed by atoms with Gasteiger partial charge in [-0.05, 0) is 6.42 Å². The van der Waals surface area contributed by atoms with Crippen molar-refractivity contribution < 1.29 is 9.59 Å². The third-order valence-electron chi connectivity index (χ3n) is 2.44. The van der Waals surface area contributed by atoms with E-state index in [0.717, 1.165) is 5.69 Å². The monoisotopic (exact) mass is 208 g/mol. The zero-order valence-electron chi connectivity index (χ0n) is 8.27. The lowest BCUT2D eigenvalue weighted by molar-refractivity contribution is -0.147. The predicted molar refractivity (Wildman–Crippen MR) is 50.7 cm³/mol. The smallest absolute Gasteiger partial charge is 0.229 e. The van der Waals surface area contributed by atoms with Gasteiger partial charge in [0, 0.05) is 25.8 Å². The van der Waals surface area contributed by atoms with Crippen LogP contribution in [-0.2, 0) is 16.0 Å². The van der Waals surface area contributed by atoms with Gasteiger partial charge in [-0.2, -0.15) is 15.4 Å². The molecule has 2 amide bonds. The van der Waals surface area contributed by atoms with Crippen molar-refractivity contribution in [1.82, 2.24) is 20.3 Å². The number of imide groups is 1. The normalized spacial score (nSPS) is 17.2. The summed E-state index contributed by atoms with van der Waals surface area (Å²) in [4.78, 5) is 24.2. The number of carbonyl (C=O) groups is 2. The highest BCUT2D eigenvalue weighted by Gasteiger charge is 2.25. The lowest BCUT2D eigenvalue weighted by Crippen LogP contribution is -2.41. The number of amides is 2. The largest absolute Gasteiger partial charge is 0.282 e. The number of piperidine rings is 1. The van der Waals surface area contributed by atoms with E-state index < -0.39 is 0 Å². The molecule has 1 aliphatic rings. The van der Waals surface area contributed by atoms with Crippen molar-refractivity contribution in [3.63, 3.8) is 0 Å². The number of hydrogen-bond acceptors (Lipinski definition) is 4. The first kappa shape index (κ1) is 9.82. The maximum atomic E-state index is 11.4. The minimum Gasteiger partial charge on any atom is -0.282 e. The van der Waals surface area contributed by atoms with Crippen LogP contribution in [-0.4, -0.2) is 38.7 Å². The number of hydrogen-bond donors (Lipinski definition) is 1. The molecule has 0 bridgehead atoms. The molecule has 0 aliphatic carbocycles. The van der Waals surface area contributed by atoms with Crippen LogP contribution in [0.5, 0.6) is 0 Å². The minimum absolute atomic E-state index is 0.0743. The van der Waals surface area contributed by atoms with E-state index in [-0.39, 0.29) is 11.8 Å². The minimum atomic E-state index is -0.0743. The first-order chi connectivity index (χ1) is 7.27. The summed E-state index contributed by atoms with van der Waals surface area (Å²) in [5.74, 6) is -0.149. The Bertz CT molecular complexity index is 344. The van der Waals surface area contributed by atoms with Gasteiger partial charge in [-0.15, -0.1) is 0 Å². The summed E-state index contributed by atoms with van der Waals surface area (Å²) in [6.07, 6.45) is 3.79. The van der Waals surface area contributed by atoms with Gasteiger partial charge in [0.2, 0.25) is 11.8 Å². The summed E-state index contributed by atoms with van der Waals surface area (Å²) in [7, 11) is 0. The van der Waals surface area contributed by atoms with Gasteiger partial charge in [-0.25, -0.2) is 0 Å². The van der Waals surface area contributed by atoms with E-state index in [9.17, 15) is 9.59 Å². The van der Waals surface area contributed by atoms with Gasteiger partial charge in [-0.3, -0.25) is 14.5 Å². The van der Waals surface area contributed by atoms with E-state index in [1.54, 1.807) is 6.20 Å². The lowest BCUT2D eigenvalue weighted by atomic mass is 10.1. The summed E-state index contributed by atoms with van der Waals surface area (Å²) < 4.78 is 0. The van der Waals surface area contributed by atoms with Crippen LogP contribution in [0.1, 0.15) is 25.0 Å². The summed E-state index contributed by atoms with van der Waals surface area (Å²) >= 11 is 0. The van der Waals surface area contributed by atoms with E-state index in [1.807, 2.05) is 0 Å². The SMILES string of the molecule is O=C1CCCC(=O)N1CCc1cn[nH]n1. The van der Waals surface area contributed by atoms with E-state index in [1.165, 1.54) is 4.90 Å². The van der Waals surface area contributed by atoms with Crippen LogP contribution in [0.25, 0.3) is 0 Å². The topological polar surface area (TPSA) is 79.0 Å². The fourth-order valence-corrected chi connectivity index (χ4v) is 1.62. The number of aromatic amines is 1. The molecule has 0 aromatic carbocycles. The molecule has 0 unspecified atom stereocenters. The van der Waals surface area contributed by atoms with Gasteiger partial charge in [0.1, 0.15) is 0 Å². The third-order valence-corrected chi connectivity index (χ3v) is 2.44. The van der Waals surface area contributed by atoms with Crippen LogP contribution in [0.4, 0.5) is 0 Å². The molecule has 2 rings (SSSR count). The highest BCUT2D eigenvalue weighted by Crippen LogP contribution is 2.12. The van der Waals surface area contributed by atoms with E-state index in [2.05, 4.69) is 15.4 Å². The van der Waals surface area contributed by atoms with Crippen LogP contribution < -0.4 is 0 Å². The molecule has 1 N–H and O–H groups in total. The second kappa shape index (κ2) is 4.20. The Morgan fingerprint density at radius 2 is 2.07 bits per heavy atom. The predicted octanol–water partition coefficient (Wildman–Crippen LogP) is -0.114. The molecule has 2 heterocycles. The molecule has 1 aromatic heterocycles. The molecule has 0 radical (unpaired) electrons. The molecular weight excluding hydrogens is 196 g/mol. The Hall–Kier alpha value is -1.72. The highest BCUT2D eigenvalue weighted by molar-refractivity contribution is 5.97. The molecule has 1 aliphatic heterocycles. The number of H-pyrrole nitrogens is 1. The number of carbonyl (C=O) groups excluding carboxylic acids is 2. The molecule has 0 saturated carbocycles. The first-order valence-electron chi connectivity index (χ1n) is 4.95. The fourth-order valence-electron chi connectivity index (χ4n) is 1.62. The van der Waals surface area contributed by atoms with Gasteiger partial charge in [0.25, 0.3) is 0 Å².